The maximum absolute atomic E-state index is 5.81. The van der Waals surface area contributed by atoms with Crippen LogP contribution in [-0.2, 0) is 4.74 Å². The summed E-state index contributed by atoms with van der Waals surface area (Å²) in [6.45, 7) is 12.7. The monoisotopic (exact) mass is 366 g/mol. The molecule has 0 aromatic heterocycles. The summed E-state index contributed by atoms with van der Waals surface area (Å²) >= 11 is 0. The first kappa shape index (κ1) is 19.4. The average molecular weight is 367 g/mol. The van der Waals surface area contributed by atoms with Crippen molar-refractivity contribution in [2.75, 3.05) is 37.8 Å². The highest BCUT2D eigenvalue weighted by molar-refractivity contribution is 5.84. The molecule has 1 aliphatic rings. The van der Waals surface area contributed by atoms with Crippen LogP contribution in [0, 0.1) is 6.92 Å². The minimum atomic E-state index is 0.409. The maximum Gasteiger partial charge on any atom is 0.123 e. The summed E-state index contributed by atoms with van der Waals surface area (Å²) in [5.74, 6) is 1.39. The lowest BCUT2D eigenvalue weighted by atomic mass is 9.97. The van der Waals surface area contributed by atoms with E-state index in [2.05, 4.69) is 62.1 Å². The lowest BCUT2D eigenvalue weighted by Crippen LogP contribution is -2.36. The zero-order chi connectivity index (χ0) is 19.2. The number of hydrogen-bond donors (Lipinski definition) is 0. The molecule has 0 saturated carbocycles. The summed E-state index contributed by atoms with van der Waals surface area (Å²) in [4.78, 5) is 7.04. The van der Waals surface area contributed by atoms with Gasteiger partial charge in [-0.15, -0.1) is 0 Å². The molecule has 0 atom stereocenters. The predicted octanol–water partition coefficient (Wildman–Crippen LogP) is 5.10. The van der Waals surface area contributed by atoms with Crippen molar-refractivity contribution in [1.82, 2.24) is 0 Å². The normalized spacial score (nSPS) is 14.9. The zero-order valence-corrected chi connectivity index (χ0v) is 16.9. The Balaban J connectivity index is 1.77. The van der Waals surface area contributed by atoms with Gasteiger partial charge in [-0.25, -0.2) is 0 Å². The Hall–Kier alpha value is -2.33. The van der Waals surface area contributed by atoms with Crippen molar-refractivity contribution in [2.24, 2.45) is 4.99 Å². The van der Waals surface area contributed by atoms with Crippen LogP contribution in [0.4, 0.5) is 11.4 Å². The summed E-state index contributed by atoms with van der Waals surface area (Å²) in [6, 6.07) is 12.8. The Morgan fingerprint density at radius 1 is 1.15 bits per heavy atom. The Bertz CT molecular complexity index is 776. The topological polar surface area (TPSA) is 34.1 Å². The molecule has 0 radical (unpaired) electrons. The minimum Gasteiger partial charge on any atom is -0.494 e. The fourth-order valence-electron chi connectivity index (χ4n) is 3.30. The highest BCUT2D eigenvalue weighted by Crippen LogP contribution is 2.30. The SMILES string of the molecule is CCOc1cc(C)c(C=Nc2ccc(N3CCOCC3)cc2)cc1C(C)C. The Morgan fingerprint density at radius 2 is 1.85 bits per heavy atom. The van der Waals surface area contributed by atoms with Crippen LogP contribution in [0.1, 0.15) is 43.4 Å². The van der Waals surface area contributed by atoms with Crippen LogP contribution in [0.3, 0.4) is 0 Å². The molecular formula is C23H30N2O2. The second-order valence-electron chi connectivity index (χ2n) is 7.21. The molecule has 4 nitrogen and oxygen atoms in total. The van der Waals surface area contributed by atoms with Crippen LogP contribution in [0.5, 0.6) is 5.75 Å². The van der Waals surface area contributed by atoms with Crippen LogP contribution in [0.2, 0.25) is 0 Å². The van der Waals surface area contributed by atoms with Crippen molar-refractivity contribution in [3.05, 3.63) is 53.1 Å². The van der Waals surface area contributed by atoms with E-state index in [0.29, 0.717) is 12.5 Å². The van der Waals surface area contributed by atoms with Crippen LogP contribution >= 0.6 is 0 Å². The molecule has 0 unspecified atom stereocenters. The van der Waals surface area contributed by atoms with E-state index in [0.717, 1.165) is 43.3 Å². The van der Waals surface area contributed by atoms with E-state index in [1.807, 2.05) is 13.1 Å². The number of morpholine rings is 1. The van der Waals surface area contributed by atoms with Gasteiger partial charge in [-0.3, -0.25) is 4.99 Å². The molecule has 1 fully saturated rings. The van der Waals surface area contributed by atoms with Crippen molar-refractivity contribution >= 4 is 17.6 Å². The highest BCUT2D eigenvalue weighted by atomic mass is 16.5. The molecule has 1 saturated heterocycles. The number of nitrogens with zero attached hydrogens (tertiary/aromatic N) is 2. The summed E-state index contributed by atoms with van der Waals surface area (Å²) in [5, 5.41) is 0. The lowest BCUT2D eigenvalue weighted by molar-refractivity contribution is 0.122. The van der Waals surface area contributed by atoms with E-state index in [1.165, 1.54) is 16.8 Å². The largest absolute Gasteiger partial charge is 0.494 e. The molecular weight excluding hydrogens is 336 g/mol. The quantitative estimate of drug-likeness (QED) is 0.667. The molecule has 0 aliphatic carbocycles. The molecule has 1 aliphatic heterocycles. The molecule has 2 aromatic carbocycles. The average Bonchev–Trinajstić information content (AvgIpc) is 2.68. The molecule has 4 heteroatoms. The van der Waals surface area contributed by atoms with Gasteiger partial charge in [0.2, 0.25) is 0 Å². The Kier molecular flexibility index (Phi) is 6.51. The van der Waals surface area contributed by atoms with E-state index in [1.54, 1.807) is 0 Å². The van der Waals surface area contributed by atoms with Gasteiger partial charge >= 0.3 is 0 Å². The number of rotatable bonds is 6. The molecule has 27 heavy (non-hydrogen) atoms. The molecule has 2 aromatic rings. The van der Waals surface area contributed by atoms with Crippen LogP contribution in [0.25, 0.3) is 0 Å². The van der Waals surface area contributed by atoms with Gasteiger partial charge < -0.3 is 14.4 Å². The van der Waals surface area contributed by atoms with E-state index in [9.17, 15) is 0 Å². The minimum absolute atomic E-state index is 0.409. The van der Waals surface area contributed by atoms with Gasteiger partial charge in [0, 0.05) is 25.0 Å². The molecule has 0 spiro atoms. The Labute approximate surface area is 162 Å². The van der Waals surface area contributed by atoms with E-state index in [4.69, 9.17) is 14.5 Å². The molecule has 3 rings (SSSR count). The maximum atomic E-state index is 5.81. The summed E-state index contributed by atoms with van der Waals surface area (Å²) < 4.78 is 11.2. The van der Waals surface area contributed by atoms with E-state index >= 15 is 0 Å². The Morgan fingerprint density at radius 3 is 2.48 bits per heavy atom. The van der Waals surface area contributed by atoms with Gasteiger partial charge in [-0.1, -0.05) is 13.8 Å². The van der Waals surface area contributed by atoms with Gasteiger partial charge in [0.25, 0.3) is 0 Å². The van der Waals surface area contributed by atoms with Crippen LogP contribution < -0.4 is 9.64 Å². The van der Waals surface area contributed by atoms with E-state index in [-0.39, 0.29) is 0 Å². The first-order chi connectivity index (χ1) is 13.1. The lowest BCUT2D eigenvalue weighted by Gasteiger charge is -2.28. The molecule has 0 bridgehead atoms. The molecule has 0 N–H and O–H groups in total. The van der Waals surface area contributed by atoms with Gasteiger partial charge in [-0.05, 0) is 72.9 Å². The zero-order valence-electron chi connectivity index (χ0n) is 16.9. The second kappa shape index (κ2) is 9.05. The van der Waals surface area contributed by atoms with Gasteiger partial charge in [-0.2, -0.15) is 0 Å². The van der Waals surface area contributed by atoms with Crippen molar-refractivity contribution in [3.8, 4) is 5.75 Å². The van der Waals surface area contributed by atoms with Crippen molar-refractivity contribution in [3.63, 3.8) is 0 Å². The summed E-state index contributed by atoms with van der Waals surface area (Å²) in [6.07, 6.45) is 1.96. The number of hydrogen-bond acceptors (Lipinski definition) is 4. The number of ether oxygens (including phenoxy) is 2. The summed E-state index contributed by atoms with van der Waals surface area (Å²) in [7, 11) is 0. The highest BCUT2D eigenvalue weighted by Gasteiger charge is 2.12. The second-order valence-corrected chi connectivity index (χ2v) is 7.21. The predicted molar refractivity (Wildman–Crippen MR) is 113 cm³/mol. The van der Waals surface area contributed by atoms with Crippen molar-refractivity contribution < 1.29 is 9.47 Å². The third-order valence-electron chi connectivity index (χ3n) is 4.90. The fraction of sp³-hybridized carbons (Fsp3) is 0.435. The van der Waals surface area contributed by atoms with E-state index < -0.39 is 0 Å². The third kappa shape index (κ3) is 4.89. The number of anilines is 1. The summed E-state index contributed by atoms with van der Waals surface area (Å²) in [5.41, 5.74) is 5.74. The van der Waals surface area contributed by atoms with Crippen molar-refractivity contribution in [2.45, 2.75) is 33.6 Å². The van der Waals surface area contributed by atoms with Crippen molar-refractivity contribution in [1.29, 1.82) is 0 Å². The number of benzene rings is 2. The molecule has 1 heterocycles. The molecule has 144 valence electrons. The fourth-order valence-corrected chi connectivity index (χ4v) is 3.30. The number of aryl methyl sites for hydroxylation is 1. The number of aliphatic imine (C=N–C) groups is 1. The smallest absolute Gasteiger partial charge is 0.123 e. The first-order valence-corrected chi connectivity index (χ1v) is 9.82. The first-order valence-electron chi connectivity index (χ1n) is 9.82. The third-order valence-corrected chi connectivity index (χ3v) is 4.90. The van der Waals surface area contributed by atoms with Gasteiger partial charge in [0.15, 0.2) is 0 Å². The van der Waals surface area contributed by atoms with Crippen LogP contribution in [0.15, 0.2) is 41.4 Å². The van der Waals surface area contributed by atoms with Crippen LogP contribution in [-0.4, -0.2) is 39.1 Å². The van der Waals surface area contributed by atoms with Gasteiger partial charge in [0.05, 0.1) is 25.5 Å². The standard InChI is InChI=1S/C23H30N2O2/c1-5-27-23-14-18(4)19(15-22(23)17(2)3)16-24-20-6-8-21(9-7-20)25-10-12-26-13-11-25/h6-9,14-17H,5,10-13H2,1-4H3. The molecule has 0 amide bonds. The van der Waals surface area contributed by atoms with Gasteiger partial charge in [0.1, 0.15) is 5.75 Å².